The third-order valence-corrected chi connectivity index (χ3v) is 4.53. The van der Waals surface area contributed by atoms with Crippen molar-refractivity contribution in [1.82, 2.24) is 9.55 Å². The maximum Gasteiger partial charge on any atom is 0.172 e. The van der Waals surface area contributed by atoms with Crippen LogP contribution in [0.5, 0.6) is 0 Å². The molecule has 0 N–H and O–H groups in total. The van der Waals surface area contributed by atoms with E-state index in [1.807, 2.05) is 42.8 Å². The highest BCUT2D eigenvalue weighted by molar-refractivity contribution is 7.98. The van der Waals surface area contributed by atoms with E-state index in [0.29, 0.717) is 10.0 Å². The van der Waals surface area contributed by atoms with Crippen molar-refractivity contribution >= 4 is 35.0 Å². The second kappa shape index (κ2) is 6.14. The number of para-hydroxylation sites is 1. The Kier molecular flexibility index (Phi) is 4.24. The van der Waals surface area contributed by atoms with Crippen LogP contribution in [0.25, 0.3) is 16.9 Å². The molecule has 1 aromatic heterocycles. The lowest BCUT2D eigenvalue weighted by atomic mass is 10.1. The van der Waals surface area contributed by atoms with Crippen LogP contribution >= 0.6 is 35.0 Å². The summed E-state index contributed by atoms with van der Waals surface area (Å²) >= 11 is 13.7. The molecule has 5 heteroatoms. The smallest absolute Gasteiger partial charge is 0.172 e. The largest absolute Gasteiger partial charge is 0.287 e. The molecule has 0 aliphatic carbocycles. The van der Waals surface area contributed by atoms with Crippen LogP contribution < -0.4 is 0 Å². The Balaban J connectivity index is 2.20. The molecule has 106 valence electrons. The van der Waals surface area contributed by atoms with E-state index in [0.717, 1.165) is 22.1 Å². The Morgan fingerprint density at radius 3 is 2.43 bits per heavy atom. The van der Waals surface area contributed by atoms with Gasteiger partial charge in [-0.25, -0.2) is 4.98 Å². The summed E-state index contributed by atoms with van der Waals surface area (Å²) in [6.45, 7) is 0. The first-order valence-corrected chi connectivity index (χ1v) is 8.31. The SMILES string of the molecule is CSc1ncc(-c2ccc(Cl)c(Cl)c2)n1-c1ccccc1. The first kappa shape index (κ1) is 14.5. The quantitative estimate of drug-likeness (QED) is 0.583. The Bertz CT molecular complexity index is 769. The van der Waals surface area contributed by atoms with Gasteiger partial charge in [0.2, 0.25) is 0 Å². The van der Waals surface area contributed by atoms with Gasteiger partial charge >= 0.3 is 0 Å². The highest BCUT2D eigenvalue weighted by Crippen LogP contribution is 2.32. The second-order valence-corrected chi connectivity index (χ2v) is 6.02. The second-order valence-electron chi connectivity index (χ2n) is 4.43. The molecule has 3 rings (SSSR count). The van der Waals surface area contributed by atoms with Gasteiger partial charge in [-0.15, -0.1) is 0 Å². The molecule has 0 aliphatic rings. The summed E-state index contributed by atoms with van der Waals surface area (Å²) in [5, 5.41) is 2.03. The van der Waals surface area contributed by atoms with Crippen LogP contribution in [0.2, 0.25) is 10.0 Å². The fraction of sp³-hybridized carbons (Fsp3) is 0.0625. The number of thioether (sulfide) groups is 1. The van der Waals surface area contributed by atoms with Crippen molar-refractivity contribution in [3.63, 3.8) is 0 Å². The predicted molar refractivity (Wildman–Crippen MR) is 90.8 cm³/mol. The number of nitrogens with zero attached hydrogens (tertiary/aromatic N) is 2. The number of halogens is 2. The van der Waals surface area contributed by atoms with Crippen molar-refractivity contribution in [3.05, 3.63) is 64.8 Å². The Labute approximate surface area is 137 Å². The van der Waals surface area contributed by atoms with Crippen molar-refractivity contribution < 1.29 is 0 Å². The van der Waals surface area contributed by atoms with Crippen molar-refractivity contribution in [1.29, 1.82) is 0 Å². The molecule has 0 fully saturated rings. The van der Waals surface area contributed by atoms with Gasteiger partial charge in [0, 0.05) is 11.3 Å². The molecule has 21 heavy (non-hydrogen) atoms. The fourth-order valence-corrected chi connectivity index (χ4v) is 3.01. The Morgan fingerprint density at radius 1 is 1.00 bits per heavy atom. The lowest BCUT2D eigenvalue weighted by Gasteiger charge is -2.11. The van der Waals surface area contributed by atoms with Gasteiger partial charge in [-0.1, -0.05) is 59.2 Å². The molecule has 3 aromatic rings. The van der Waals surface area contributed by atoms with Crippen molar-refractivity contribution in [2.75, 3.05) is 6.26 Å². The zero-order valence-corrected chi connectivity index (χ0v) is 13.6. The summed E-state index contributed by atoms with van der Waals surface area (Å²) in [6.07, 6.45) is 3.87. The molecule has 0 spiro atoms. The van der Waals surface area contributed by atoms with Crippen LogP contribution in [-0.4, -0.2) is 15.8 Å². The molecule has 0 saturated carbocycles. The van der Waals surface area contributed by atoms with E-state index in [2.05, 4.69) is 21.7 Å². The van der Waals surface area contributed by atoms with Gasteiger partial charge in [0.05, 0.1) is 21.9 Å². The third kappa shape index (κ3) is 2.82. The van der Waals surface area contributed by atoms with Crippen LogP contribution in [0.3, 0.4) is 0 Å². The van der Waals surface area contributed by atoms with E-state index in [9.17, 15) is 0 Å². The Hall–Kier alpha value is -1.42. The molecule has 0 saturated heterocycles. The summed E-state index contributed by atoms with van der Waals surface area (Å²) in [6, 6.07) is 15.8. The average molecular weight is 335 g/mol. The number of aromatic nitrogens is 2. The van der Waals surface area contributed by atoms with Crippen LogP contribution in [0.15, 0.2) is 59.9 Å². The Morgan fingerprint density at radius 2 is 1.76 bits per heavy atom. The molecular formula is C16H12Cl2N2S. The van der Waals surface area contributed by atoms with Crippen LogP contribution in [0.4, 0.5) is 0 Å². The molecule has 0 radical (unpaired) electrons. The van der Waals surface area contributed by atoms with Crippen molar-refractivity contribution in [2.24, 2.45) is 0 Å². The molecular weight excluding hydrogens is 323 g/mol. The standard InChI is InChI=1S/C16H12Cl2N2S/c1-21-16-19-10-15(11-7-8-13(17)14(18)9-11)20(16)12-5-3-2-4-6-12/h2-10H,1H3. The van der Waals surface area contributed by atoms with Crippen LogP contribution in [-0.2, 0) is 0 Å². The van der Waals surface area contributed by atoms with Crippen molar-refractivity contribution in [3.8, 4) is 16.9 Å². The molecule has 2 aromatic carbocycles. The highest BCUT2D eigenvalue weighted by atomic mass is 35.5. The number of hydrogen-bond acceptors (Lipinski definition) is 2. The van der Waals surface area contributed by atoms with E-state index in [1.165, 1.54) is 0 Å². The molecule has 2 nitrogen and oxygen atoms in total. The maximum absolute atomic E-state index is 6.14. The molecule has 0 bridgehead atoms. The molecule has 0 amide bonds. The fourth-order valence-electron chi connectivity index (χ4n) is 2.16. The summed E-state index contributed by atoms with van der Waals surface area (Å²) in [7, 11) is 0. The minimum atomic E-state index is 0.542. The lowest BCUT2D eigenvalue weighted by Crippen LogP contribution is -1.98. The average Bonchev–Trinajstić information content (AvgIpc) is 2.95. The number of hydrogen-bond donors (Lipinski definition) is 0. The first-order valence-electron chi connectivity index (χ1n) is 6.33. The number of rotatable bonds is 3. The molecule has 0 atom stereocenters. The van der Waals surface area contributed by atoms with Crippen LogP contribution in [0, 0.1) is 0 Å². The van der Waals surface area contributed by atoms with E-state index >= 15 is 0 Å². The minimum absolute atomic E-state index is 0.542. The van der Waals surface area contributed by atoms with E-state index in [4.69, 9.17) is 23.2 Å². The van der Waals surface area contributed by atoms with Gasteiger partial charge in [0.1, 0.15) is 0 Å². The van der Waals surface area contributed by atoms with Crippen LogP contribution in [0.1, 0.15) is 0 Å². The van der Waals surface area contributed by atoms with Gasteiger partial charge in [-0.05, 0) is 30.5 Å². The molecule has 0 unspecified atom stereocenters. The number of benzene rings is 2. The zero-order chi connectivity index (χ0) is 14.8. The minimum Gasteiger partial charge on any atom is -0.287 e. The molecule has 1 heterocycles. The summed E-state index contributed by atoms with van der Waals surface area (Å²) in [5.41, 5.74) is 3.05. The predicted octanol–water partition coefficient (Wildman–Crippen LogP) is 5.57. The van der Waals surface area contributed by atoms with E-state index in [1.54, 1.807) is 17.8 Å². The lowest BCUT2D eigenvalue weighted by molar-refractivity contribution is 0.903. The normalized spacial score (nSPS) is 10.8. The van der Waals surface area contributed by atoms with Gasteiger partial charge in [0.25, 0.3) is 0 Å². The first-order chi connectivity index (χ1) is 10.2. The van der Waals surface area contributed by atoms with Gasteiger partial charge in [0.15, 0.2) is 5.16 Å². The maximum atomic E-state index is 6.14. The van der Waals surface area contributed by atoms with E-state index in [-0.39, 0.29) is 0 Å². The van der Waals surface area contributed by atoms with E-state index < -0.39 is 0 Å². The molecule has 0 aliphatic heterocycles. The van der Waals surface area contributed by atoms with Gasteiger partial charge in [-0.3, -0.25) is 4.57 Å². The number of imidazole rings is 1. The summed E-state index contributed by atoms with van der Waals surface area (Å²) in [4.78, 5) is 4.49. The third-order valence-electron chi connectivity index (χ3n) is 3.14. The van der Waals surface area contributed by atoms with Gasteiger partial charge in [-0.2, -0.15) is 0 Å². The van der Waals surface area contributed by atoms with Crippen molar-refractivity contribution in [2.45, 2.75) is 5.16 Å². The zero-order valence-electron chi connectivity index (χ0n) is 11.3. The topological polar surface area (TPSA) is 17.8 Å². The summed E-state index contributed by atoms with van der Waals surface area (Å²) < 4.78 is 2.12. The van der Waals surface area contributed by atoms with Gasteiger partial charge < -0.3 is 0 Å². The highest BCUT2D eigenvalue weighted by Gasteiger charge is 2.13. The summed E-state index contributed by atoms with van der Waals surface area (Å²) in [5.74, 6) is 0. The monoisotopic (exact) mass is 334 g/mol.